The van der Waals surface area contributed by atoms with Gasteiger partial charge in [-0.25, -0.2) is 0 Å². The molecule has 0 spiro atoms. The summed E-state index contributed by atoms with van der Waals surface area (Å²) in [6.07, 6.45) is 6.98. The van der Waals surface area contributed by atoms with Crippen molar-refractivity contribution in [2.75, 3.05) is 4.90 Å². The van der Waals surface area contributed by atoms with Crippen LogP contribution in [0.2, 0.25) is 0 Å². The van der Waals surface area contributed by atoms with Gasteiger partial charge in [-0.3, -0.25) is 4.79 Å². The second kappa shape index (κ2) is 8.27. The molecule has 3 aromatic rings. The standard InChI is InChI=1S/C30H29NO/c1-30(2)21-28(32)20-24-19-23(15-18-29(24)30)22-13-16-27(17-14-22)31(25-9-5-3-6-10-25)26-11-7-4-8-12-26/h3-14,16-17,19-20,29H,15,18,21H2,1-2H3. The number of hydrogen-bond donors (Lipinski definition) is 0. The molecule has 2 aliphatic rings. The quantitative estimate of drug-likeness (QED) is 0.429. The molecule has 0 heterocycles. The van der Waals surface area contributed by atoms with Crippen molar-refractivity contribution >= 4 is 28.4 Å². The van der Waals surface area contributed by atoms with Crippen LogP contribution in [0.5, 0.6) is 0 Å². The maximum absolute atomic E-state index is 12.3. The molecule has 0 aliphatic heterocycles. The first kappa shape index (κ1) is 20.5. The molecule has 1 atom stereocenters. The Morgan fingerprint density at radius 1 is 0.750 bits per heavy atom. The summed E-state index contributed by atoms with van der Waals surface area (Å²) >= 11 is 0. The van der Waals surface area contributed by atoms with Gasteiger partial charge in [0.2, 0.25) is 0 Å². The van der Waals surface area contributed by atoms with E-state index in [4.69, 9.17) is 0 Å². The van der Waals surface area contributed by atoms with Gasteiger partial charge in [-0.15, -0.1) is 0 Å². The molecule has 0 saturated heterocycles. The lowest BCUT2D eigenvalue weighted by Crippen LogP contribution is -2.33. The summed E-state index contributed by atoms with van der Waals surface area (Å²) in [7, 11) is 0. The van der Waals surface area contributed by atoms with E-state index in [0.717, 1.165) is 29.9 Å². The van der Waals surface area contributed by atoms with Crippen LogP contribution in [0.4, 0.5) is 17.1 Å². The zero-order valence-electron chi connectivity index (χ0n) is 18.8. The van der Waals surface area contributed by atoms with Crippen LogP contribution in [-0.4, -0.2) is 5.78 Å². The van der Waals surface area contributed by atoms with E-state index in [9.17, 15) is 4.79 Å². The van der Waals surface area contributed by atoms with Crippen LogP contribution >= 0.6 is 0 Å². The van der Waals surface area contributed by atoms with Crippen molar-refractivity contribution in [1.29, 1.82) is 0 Å². The molecule has 2 heteroatoms. The first-order valence-corrected chi connectivity index (χ1v) is 11.5. The van der Waals surface area contributed by atoms with Gasteiger partial charge < -0.3 is 4.90 Å². The van der Waals surface area contributed by atoms with Gasteiger partial charge >= 0.3 is 0 Å². The SMILES string of the molecule is CC1(C)CC(=O)C=C2C=C(c3ccc(N(c4ccccc4)c4ccccc4)cc3)CCC21. The lowest BCUT2D eigenvalue weighted by molar-refractivity contribution is -0.117. The number of hydrogen-bond acceptors (Lipinski definition) is 2. The third-order valence-corrected chi connectivity index (χ3v) is 6.87. The van der Waals surface area contributed by atoms with Crippen LogP contribution in [0.25, 0.3) is 5.57 Å². The van der Waals surface area contributed by atoms with E-state index in [1.165, 1.54) is 16.7 Å². The zero-order chi connectivity index (χ0) is 22.1. The van der Waals surface area contributed by atoms with Crippen LogP contribution < -0.4 is 4.90 Å². The van der Waals surface area contributed by atoms with Crippen molar-refractivity contribution < 1.29 is 4.79 Å². The number of para-hydroxylation sites is 2. The Bertz CT molecular complexity index is 1130. The molecular weight excluding hydrogens is 390 g/mol. The summed E-state index contributed by atoms with van der Waals surface area (Å²) < 4.78 is 0. The Kier molecular flexibility index (Phi) is 5.30. The summed E-state index contributed by atoms with van der Waals surface area (Å²) in [5.74, 6) is 0.741. The van der Waals surface area contributed by atoms with Gasteiger partial charge in [-0.2, -0.15) is 0 Å². The van der Waals surface area contributed by atoms with E-state index in [1.807, 2.05) is 18.2 Å². The fourth-order valence-corrected chi connectivity index (χ4v) is 5.29. The van der Waals surface area contributed by atoms with Crippen LogP contribution in [0, 0.1) is 11.3 Å². The van der Waals surface area contributed by atoms with E-state index in [0.29, 0.717) is 12.3 Å². The number of fused-ring (bicyclic) bond motifs is 1. The van der Waals surface area contributed by atoms with Crippen LogP contribution in [0.1, 0.15) is 38.7 Å². The lowest BCUT2D eigenvalue weighted by atomic mass is 9.63. The monoisotopic (exact) mass is 419 g/mol. The molecule has 160 valence electrons. The van der Waals surface area contributed by atoms with Gasteiger partial charge in [-0.05, 0) is 83.4 Å². The molecule has 0 aromatic heterocycles. The summed E-state index contributed by atoms with van der Waals surface area (Å²) in [5.41, 5.74) is 7.25. The molecule has 0 fully saturated rings. The maximum Gasteiger partial charge on any atom is 0.156 e. The predicted octanol–water partition coefficient (Wildman–Crippen LogP) is 7.88. The van der Waals surface area contributed by atoms with Gasteiger partial charge in [0.1, 0.15) is 0 Å². The molecule has 3 aromatic carbocycles. The largest absolute Gasteiger partial charge is 0.311 e. The second-order valence-electron chi connectivity index (χ2n) is 9.59. The van der Waals surface area contributed by atoms with E-state index < -0.39 is 0 Å². The third kappa shape index (κ3) is 3.93. The number of nitrogens with zero attached hydrogens (tertiary/aromatic N) is 1. The first-order chi connectivity index (χ1) is 15.5. The van der Waals surface area contributed by atoms with Gasteiger partial charge in [-0.1, -0.05) is 68.5 Å². The Balaban J connectivity index is 1.48. The number of carbonyl (C=O) groups excluding carboxylic acids is 1. The Labute approximate surface area is 190 Å². The van der Waals surface area contributed by atoms with Crippen LogP contribution in [-0.2, 0) is 4.79 Å². The molecule has 0 radical (unpaired) electrons. The summed E-state index contributed by atoms with van der Waals surface area (Å²) in [4.78, 5) is 14.5. The number of allylic oxidation sites excluding steroid dienone is 4. The number of carbonyl (C=O) groups is 1. The predicted molar refractivity (Wildman–Crippen MR) is 133 cm³/mol. The Morgan fingerprint density at radius 2 is 1.31 bits per heavy atom. The number of ketones is 1. The highest BCUT2D eigenvalue weighted by atomic mass is 16.1. The van der Waals surface area contributed by atoms with E-state index in [-0.39, 0.29) is 11.2 Å². The maximum atomic E-state index is 12.3. The van der Waals surface area contributed by atoms with Crippen LogP contribution in [0.15, 0.2) is 103 Å². The van der Waals surface area contributed by atoms with Crippen molar-refractivity contribution in [3.8, 4) is 0 Å². The molecule has 1 unspecified atom stereocenters. The van der Waals surface area contributed by atoms with E-state index >= 15 is 0 Å². The lowest BCUT2D eigenvalue weighted by Gasteiger charge is -2.40. The average Bonchev–Trinajstić information content (AvgIpc) is 2.80. The fourth-order valence-electron chi connectivity index (χ4n) is 5.29. The minimum absolute atomic E-state index is 0.0545. The number of rotatable bonds is 4. The zero-order valence-corrected chi connectivity index (χ0v) is 18.8. The van der Waals surface area contributed by atoms with Crippen molar-refractivity contribution in [2.45, 2.75) is 33.1 Å². The van der Waals surface area contributed by atoms with Gasteiger partial charge in [0, 0.05) is 23.5 Å². The highest BCUT2D eigenvalue weighted by molar-refractivity contribution is 5.93. The molecule has 32 heavy (non-hydrogen) atoms. The number of benzene rings is 3. The smallest absolute Gasteiger partial charge is 0.156 e. The third-order valence-electron chi connectivity index (χ3n) is 6.87. The fraction of sp³-hybridized carbons (Fsp3) is 0.233. The van der Waals surface area contributed by atoms with Crippen molar-refractivity contribution in [3.05, 3.63) is 108 Å². The van der Waals surface area contributed by atoms with Crippen molar-refractivity contribution in [3.63, 3.8) is 0 Å². The Hall–Kier alpha value is -3.39. The summed E-state index contributed by atoms with van der Waals surface area (Å²) in [5, 5.41) is 0. The highest BCUT2D eigenvalue weighted by Crippen LogP contribution is 2.47. The normalized spacial score (nSPS) is 19.6. The Morgan fingerprint density at radius 3 is 1.91 bits per heavy atom. The minimum Gasteiger partial charge on any atom is -0.311 e. The highest BCUT2D eigenvalue weighted by Gasteiger charge is 2.38. The topological polar surface area (TPSA) is 20.3 Å². The molecular formula is C30H29NO. The minimum atomic E-state index is 0.0545. The van der Waals surface area contributed by atoms with Crippen molar-refractivity contribution in [1.82, 2.24) is 0 Å². The van der Waals surface area contributed by atoms with Gasteiger partial charge in [0.05, 0.1) is 0 Å². The molecule has 0 N–H and O–H groups in total. The molecule has 2 aliphatic carbocycles. The first-order valence-electron chi connectivity index (χ1n) is 11.5. The molecule has 0 bridgehead atoms. The summed E-state index contributed by atoms with van der Waals surface area (Å²) in [6.45, 7) is 4.47. The molecule has 5 rings (SSSR count). The number of anilines is 3. The van der Waals surface area contributed by atoms with E-state index in [2.05, 4.69) is 97.6 Å². The molecule has 2 nitrogen and oxygen atoms in total. The van der Waals surface area contributed by atoms with Crippen LogP contribution in [0.3, 0.4) is 0 Å². The van der Waals surface area contributed by atoms with Gasteiger partial charge in [0.15, 0.2) is 5.78 Å². The van der Waals surface area contributed by atoms with E-state index in [1.54, 1.807) is 0 Å². The molecule has 0 saturated carbocycles. The second-order valence-corrected chi connectivity index (χ2v) is 9.59. The summed E-state index contributed by atoms with van der Waals surface area (Å²) in [6, 6.07) is 29.8. The van der Waals surface area contributed by atoms with Gasteiger partial charge in [0.25, 0.3) is 0 Å². The molecule has 0 amide bonds. The van der Waals surface area contributed by atoms with Crippen molar-refractivity contribution in [2.24, 2.45) is 11.3 Å². The average molecular weight is 420 g/mol.